The Morgan fingerprint density at radius 1 is 1.29 bits per heavy atom. The lowest BCUT2D eigenvalue weighted by atomic mass is 9.76. The Balaban J connectivity index is 3.23. The van der Waals surface area contributed by atoms with Crippen LogP contribution in [0, 0.1) is 17.8 Å². The van der Waals surface area contributed by atoms with Gasteiger partial charge in [-0.25, -0.2) is 4.79 Å². The van der Waals surface area contributed by atoms with E-state index in [9.17, 15) is 4.79 Å². The molecule has 0 aliphatic heterocycles. The maximum Gasteiger partial charge on any atom is 0.331 e. The first-order valence-electron chi connectivity index (χ1n) is 7.15. The SMILES string of the molecule is C#Cc1ccc(C(N)(CC(C)(C)C)C(=O)OC(C)C)cc1. The number of benzene rings is 1. The van der Waals surface area contributed by atoms with Crippen LogP contribution in [-0.2, 0) is 15.1 Å². The quantitative estimate of drug-likeness (QED) is 0.683. The second-order valence-electron chi connectivity index (χ2n) is 6.88. The van der Waals surface area contributed by atoms with Gasteiger partial charge in [-0.3, -0.25) is 0 Å². The van der Waals surface area contributed by atoms with E-state index < -0.39 is 11.5 Å². The van der Waals surface area contributed by atoms with Gasteiger partial charge in [0.25, 0.3) is 0 Å². The lowest BCUT2D eigenvalue weighted by Gasteiger charge is -2.34. The van der Waals surface area contributed by atoms with Crippen molar-refractivity contribution in [1.29, 1.82) is 0 Å². The molecular formula is C18H25NO2. The van der Waals surface area contributed by atoms with E-state index in [1.54, 1.807) is 12.1 Å². The third-order valence-corrected chi connectivity index (χ3v) is 3.08. The molecule has 1 aromatic rings. The molecule has 0 fully saturated rings. The molecule has 0 saturated heterocycles. The largest absolute Gasteiger partial charge is 0.461 e. The molecule has 0 aliphatic carbocycles. The number of nitrogens with two attached hydrogens (primary N) is 1. The first kappa shape index (κ1) is 17.3. The summed E-state index contributed by atoms with van der Waals surface area (Å²) in [5, 5.41) is 0. The molecule has 1 aromatic carbocycles. The van der Waals surface area contributed by atoms with Crippen LogP contribution >= 0.6 is 0 Å². The van der Waals surface area contributed by atoms with Gasteiger partial charge in [0.2, 0.25) is 0 Å². The molecule has 1 rings (SSSR count). The Kier molecular flexibility index (Phi) is 5.20. The zero-order valence-corrected chi connectivity index (χ0v) is 13.6. The van der Waals surface area contributed by atoms with E-state index in [-0.39, 0.29) is 11.5 Å². The van der Waals surface area contributed by atoms with Gasteiger partial charge in [-0.15, -0.1) is 6.42 Å². The molecule has 0 aromatic heterocycles. The van der Waals surface area contributed by atoms with Crippen molar-refractivity contribution in [2.75, 3.05) is 0 Å². The molecule has 2 N–H and O–H groups in total. The van der Waals surface area contributed by atoms with Gasteiger partial charge in [-0.1, -0.05) is 38.8 Å². The minimum Gasteiger partial charge on any atom is -0.461 e. The fraction of sp³-hybridized carbons (Fsp3) is 0.500. The normalized spacial score (nSPS) is 14.4. The number of esters is 1. The molecule has 1 unspecified atom stereocenters. The topological polar surface area (TPSA) is 52.3 Å². The predicted molar refractivity (Wildman–Crippen MR) is 85.5 cm³/mol. The van der Waals surface area contributed by atoms with E-state index in [4.69, 9.17) is 16.9 Å². The maximum absolute atomic E-state index is 12.5. The van der Waals surface area contributed by atoms with Crippen molar-refractivity contribution < 1.29 is 9.53 Å². The van der Waals surface area contributed by atoms with Gasteiger partial charge in [0.05, 0.1) is 6.10 Å². The second-order valence-corrected chi connectivity index (χ2v) is 6.88. The van der Waals surface area contributed by atoms with Crippen LogP contribution in [0.25, 0.3) is 0 Å². The van der Waals surface area contributed by atoms with E-state index in [0.29, 0.717) is 6.42 Å². The summed E-state index contributed by atoms with van der Waals surface area (Å²) in [4.78, 5) is 12.5. The summed E-state index contributed by atoms with van der Waals surface area (Å²) < 4.78 is 5.37. The Morgan fingerprint density at radius 3 is 2.19 bits per heavy atom. The second kappa shape index (κ2) is 6.32. The third kappa shape index (κ3) is 4.61. The van der Waals surface area contributed by atoms with Crippen molar-refractivity contribution in [2.24, 2.45) is 11.1 Å². The monoisotopic (exact) mass is 287 g/mol. The summed E-state index contributed by atoms with van der Waals surface area (Å²) in [6, 6.07) is 7.20. The summed E-state index contributed by atoms with van der Waals surface area (Å²) in [6.45, 7) is 9.78. The standard InChI is InChI=1S/C18H25NO2/c1-7-14-8-10-15(11-9-14)18(19,12-17(4,5)6)16(20)21-13(2)3/h1,8-11,13H,12,19H2,2-6H3. The fourth-order valence-electron chi connectivity index (χ4n) is 2.31. The average molecular weight is 287 g/mol. The van der Waals surface area contributed by atoms with Crippen molar-refractivity contribution in [3.05, 3.63) is 35.4 Å². The first-order chi connectivity index (χ1) is 9.58. The van der Waals surface area contributed by atoms with Gasteiger partial charge >= 0.3 is 5.97 Å². The Hall–Kier alpha value is -1.79. The van der Waals surface area contributed by atoms with E-state index in [1.807, 2.05) is 46.8 Å². The minimum atomic E-state index is -1.17. The van der Waals surface area contributed by atoms with Gasteiger partial charge in [-0.05, 0) is 43.4 Å². The molecule has 114 valence electrons. The first-order valence-corrected chi connectivity index (χ1v) is 7.15. The summed E-state index contributed by atoms with van der Waals surface area (Å²) in [6.07, 6.45) is 5.65. The molecule has 1 atom stereocenters. The molecule has 21 heavy (non-hydrogen) atoms. The van der Waals surface area contributed by atoms with Gasteiger partial charge < -0.3 is 10.5 Å². The van der Waals surface area contributed by atoms with Gasteiger partial charge in [-0.2, -0.15) is 0 Å². The molecule has 3 heteroatoms. The zero-order chi connectivity index (χ0) is 16.3. The number of hydrogen-bond acceptors (Lipinski definition) is 3. The minimum absolute atomic E-state index is 0.116. The summed E-state index contributed by atoms with van der Waals surface area (Å²) >= 11 is 0. The lowest BCUT2D eigenvalue weighted by molar-refractivity contribution is -0.156. The molecular weight excluding hydrogens is 262 g/mol. The molecule has 0 heterocycles. The Bertz CT molecular complexity index is 532. The Morgan fingerprint density at radius 2 is 1.81 bits per heavy atom. The molecule has 0 amide bonds. The zero-order valence-electron chi connectivity index (χ0n) is 13.6. The maximum atomic E-state index is 12.5. The van der Waals surface area contributed by atoms with Crippen molar-refractivity contribution in [3.63, 3.8) is 0 Å². The third-order valence-electron chi connectivity index (χ3n) is 3.08. The van der Waals surface area contributed by atoms with E-state index in [0.717, 1.165) is 11.1 Å². The van der Waals surface area contributed by atoms with Gasteiger partial charge in [0.15, 0.2) is 0 Å². The van der Waals surface area contributed by atoms with Gasteiger partial charge in [0.1, 0.15) is 5.54 Å². The Labute approximate surface area is 127 Å². The highest BCUT2D eigenvalue weighted by atomic mass is 16.5. The molecule has 0 aliphatic rings. The summed E-state index contributed by atoms with van der Waals surface area (Å²) in [5.74, 6) is 2.16. The van der Waals surface area contributed by atoms with Crippen LogP contribution < -0.4 is 5.73 Å². The number of carbonyl (C=O) groups excluding carboxylic acids is 1. The van der Waals surface area contributed by atoms with E-state index >= 15 is 0 Å². The smallest absolute Gasteiger partial charge is 0.331 e. The summed E-state index contributed by atoms with van der Waals surface area (Å²) in [5.41, 5.74) is 6.66. The number of rotatable bonds is 4. The highest BCUT2D eigenvalue weighted by Crippen LogP contribution is 2.34. The molecule has 3 nitrogen and oxygen atoms in total. The highest BCUT2D eigenvalue weighted by Gasteiger charge is 2.41. The van der Waals surface area contributed by atoms with Crippen LogP contribution in [0.2, 0.25) is 0 Å². The molecule has 0 spiro atoms. The van der Waals surface area contributed by atoms with Crippen molar-refractivity contribution in [3.8, 4) is 12.3 Å². The van der Waals surface area contributed by atoms with Crippen molar-refractivity contribution in [2.45, 2.75) is 52.7 Å². The number of hydrogen-bond donors (Lipinski definition) is 1. The van der Waals surface area contributed by atoms with Crippen molar-refractivity contribution >= 4 is 5.97 Å². The van der Waals surface area contributed by atoms with Crippen LogP contribution in [0.3, 0.4) is 0 Å². The molecule has 0 bridgehead atoms. The lowest BCUT2D eigenvalue weighted by Crippen LogP contribution is -2.49. The number of carbonyl (C=O) groups is 1. The highest BCUT2D eigenvalue weighted by molar-refractivity contribution is 5.82. The fourth-order valence-corrected chi connectivity index (χ4v) is 2.31. The van der Waals surface area contributed by atoms with Gasteiger partial charge in [0, 0.05) is 5.56 Å². The predicted octanol–water partition coefficient (Wildman–Crippen LogP) is 3.21. The molecule has 0 saturated carbocycles. The summed E-state index contributed by atoms with van der Waals surface area (Å²) in [7, 11) is 0. The van der Waals surface area contributed by atoms with Crippen LogP contribution in [-0.4, -0.2) is 12.1 Å². The van der Waals surface area contributed by atoms with E-state index in [2.05, 4.69) is 5.92 Å². The number of ether oxygens (including phenoxy) is 1. The van der Waals surface area contributed by atoms with Crippen LogP contribution in [0.5, 0.6) is 0 Å². The number of terminal acetylenes is 1. The van der Waals surface area contributed by atoms with Crippen LogP contribution in [0.15, 0.2) is 24.3 Å². The van der Waals surface area contributed by atoms with Crippen molar-refractivity contribution in [1.82, 2.24) is 0 Å². The average Bonchev–Trinajstić information content (AvgIpc) is 2.36. The van der Waals surface area contributed by atoms with E-state index in [1.165, 1.54) is 0 Å². The van der Waals surface area contributed by atoms with Crippen LogP contribution in [0.1, 0.15) is 52.2 Å². The molecule has 0 radical (unpaired) electrons. The van der Waals surface area contributed by atoms with Crippen LogP contribution in [0.4, 0.5) is 0 Å².